The summed E-state index contributed by atoms with van der Waals surface area (Å²) in [5.74, 6) is 2.37. The number of carbonyl (C=O) groups is 1. The highest BCUT2D eigenvalue weighted by Crippen LogP contribution is 2.45. The fraction of sp³-hybridized carbons (Fsp3) is 0.406. The first kappa shape index (κ1) is 29.3. The lowest BCUT2D eigenvalue weighted by Crippen LogP contribution is -2.32. The number of imidazole rings is 1. The minimum atomic E-state index is -0.959. The Morgan fingerprint density at radius 3 is 2.60 bits per heavy atom. The van der Waals surface area contributed by atoms with Crippen LogP contribution in [0.15, 0.2) is 48.7 Å². The molecule has 0 radical (unpaired) electrons. The van der Waals surface area contributed by atoms with E-state index in [-0.39, 0.29) is 24.1 Å². The van der Waals surface area contributed by atoms with Crippen LogP contribution < -0.4 is 9.47 Å². The molecule has 2 aromatic carbocycles. The van der Waals surface area contributed by atoms with Crippen LogP contribution in [0.3, 0.4) is 0 Å². The van der Waals surface area contributed by atoms with Gasteiger partial charge in [-0.05, 0) is 61.4 Å². The number of methoxy groups -OCH3 is 1. The maximum Gasteiger partial charge on any atom is 0.335 e. The minimum absolute atomic E-state index is 0.138. The summed E-state index contributed by atoms with van der Waals surface area (Å²) in [5.41, 5.74) is 3.28. The van der Waals surface area contributed by atoms with Crippen LogP contribution in [0.5, 0.6) is 11.6 Å². The second-order valence-corrected chi connectivity index (χ2v) is 11.9. The Kier molecular flexibility index (Phi) is 8.52. The number of rotatable bonds is 9. The van der Waals surface area contributed by atoms with Gasteiger partial charge in [-0.2, -0.15) is 0 Å². The van der Waals surface area contributed by atoms with Gasteiger partial charge in [-0.3, -0.25) is 4.90 Å². The number of carboxylic acid groups (broad SMARTS) is 1. The van der Waals surface area contributed by atoms with Crippen molar-refractivity contribution in [2.24, 2.45) is 11.8 Å². The van der Waals surface area contributed by atoms with Crippen molar-refractivity contribution in [3.63, 3.8) is 0 Å². The molecule has 226 valence electrons. The number of hydrogen-bond acceptors (Lipinski definition) is 7. The van der Waals surface area contributed by atoms with E-state index in [1.54, 1.807) is 43.6 Å². The number of nitrogens with zero attached hydrogens (tertiary/aromatic N) is 4. The molecule has 4 heterocycles. The van der Waals surface area contributed by atoms with E-state index in [9.17, 15) is 14.3 Å². The molecule has 7 rings (SSSR count). The van der Waals surface area contributed by atoms with E-state index in [0.717, 1.165) is 66.9 Å². The molecule has 0 spiro atoms. The molecule has 1 aliphatic carbocycles. The summed E-state index contributed by atoms with van der Waals surface area (Å²) in [6, 6.07) is 11.4. The third-order valence-electron chi connectivity index (χ3n) is 8.24. The lowest BCUT2D eigenvalue weighted by molar-refractivity contribution is -0.0591. The molecule has 43 heavy (non-hydrogen) atoms. The average molecular weight is 609 g/mol. The molecule has 9 nitrogen and oxygen atoms in total. The maximum atomic E-state index is 13.4. The number of piperidine rings is 1. The van der Waals surface area contributed by atoms with Gasteiger partial charge < -0.3 is 23.9 Å². The summed E-state index contributed by atoms with van der Waals surface area (Å²) >= 11 is 5.66. The van der Waals surface area contributed by atoms with Gasteiger partial charge in [-0.25, -0.2) is 19.2 Å². The van der Waals surface area contributed by atoms with Gasteiger partial charge in [0.1, 0.15) is 29.5 Å². The number of carboxylic acids is 1. The Labute approximate surface area is 254 Å². The highest BCUT2D eigenvalue weighted by atomic mass is 35.5. The van der Waals surface area contributed by atoms with Crippen molar-refractivity contribution in [1.29, 1.82) is 0 Å². The number of ether oxygens (including phenoxy) is 3. The van der Waals surface area contributed by atoms with Gasteiger partial charge in [0.05, 0.1) is 37.4 Å². The van der Waals surface area contributed by atoms with E-state index in [1.807, 2.05) is 13.0 Å². The SMILES string of the molecule is COc1cc(C(=O)O)cc2c1nc(CN1CC3CC3C1)n2CC1CCO1.Cc1ccc(OCc2ccc(Cl)cc2F)nc1. The summed E-state index contributed by atoms with van der Waals surface area (Å²) in [4.78, 5) is 22.9. The minimum Gasteiger partial charge on any atom is -0.494 e. The number of aryl methyl sites for hydroxylation is 1. The predicted molar refractivity (Wildman–Crippen MR) is 159 cm³/mol. The molecule has 3 aliphatic rings. The largest absolute Gasteiger partial charge is 0.494 e. The number of hydrogen-bond donors (Lipinski definition) is 1. The predicted octanol–water partition coefficient (Wildman–Crippen LogP) is 5.75. The Balaban J connectivity index is 0.000000168. The molecule has 2 aromatic heterocycles. The standard InChI is InChI=1S/C19H23N3O4.C13H11ClFNO/c1-25-16-6-11(19(23)24)5-15-18(16)20-17(22(15)9-14-2-3-26-14)10-21-7-12-4-13(12)8-21;1-9-2-5-13(16-7-9)17-8-10-3-4-11(14)6-12(10)15/h5-6,12-14H,2-4,7-10H2,1H3,(H,23,24);2-7H,8H2,1H3. The highest BCUT2D eigenvalue weighted by Gasteiger charge is 2.45. The molecule has 2 aliphatic heterocycles. The van der Waals surface area contributed by atoms with Crippen LogP contribution in [0, 0.1) is 24.6 Å². The van der Waals surface area contributed by atoms with Crippen LogP contribution in [0.2, 0.25) is 5.02 Å². The normalized spacial score (nSPS) is 20.6. The molecule has 0 bridgehead atoms. The molecule has 3 atom stereocenters. The van der Waals surface area contributed by atoms with Crippen LogP contribution in [-0.2, 0) is 24.4 Å². The molecule has 4 aromatic rings. The van der Waals surface area contributed by atoms with E-state index in [1.165, 1.54) is 12.5 Å². The van der Waals surface area contributed by atoms with Gasteiger partial charge in [0, 0.05) is 42.5 Å². The topological polar surface area (TPSA) is 98.9 Å². The average Bonchev–Trinajstić information content (AvgIpc) is 3.42. The molecule has 2 saturated heterocycles. The smallest absolute Gasteiger partial charge is 0.335 e. The fourth-order valence-corrected chi connectivity index (χ4v) is 5.79. The Bertz CT molecular complexity index is 1610. The van der Waals surface area contributed by atoms with Crippen LogP contribution in [0.1, 0.15) is 40.2 Å². The zero-order chi connectivity index (χ0) is 30.1. The van der Waals surface area contributed by atoms with Gasteiger partial charge in [0.25, 0.3) is 0 Å². The Hall–Kier alpha value is -3.73. The van der Waals surface area contributed by atoms with E-state index >= 15 is 0 Å². The fourth-order valence-electron chi connectivity index (χ4n) is 5.63. The third kappa shape index (κ3) is 6.76. The first-order valence-electron chi connectivity index (χ1n) is 14.4. The van der Waals surface area contributed by atoms with Crippen LogP contribution in [0.4, 0.5) is 4.39 Å². The Morgan fingerprint density at radius 1 is 1.19 bits per heavy atom. The lowest BCUT2D eigenvalue weighted by atomic mass is 10.1. The van der Waals surface area contributed by atoms with Gasteiger partial charge in [0.2, 0.25) is 5.88 Å². The zero-order valence-electron chi connectivity index (χ0n) is 24.1. The molecular weight excluding hydrogens is 575 g/mol. The molecule has 11 heteroatoms. The monoisotopic (exact) mass is 608 g/mol. The molecule has 3 unspecified atom stereocenters. The summed E-state index contributed by atoms with van der Waals surface area (Å²) in [6.45, 7) is 6.66. The second-order valence-electron chi connectivity index (χ2n) is 11.4. The summed E-state index contributed by atoms with van der Waals surface area (Å²) in [5, 5.41) is 9.82. The van der Waals surface area contributed by atoms with Crippen molar-refractivity contribution in [3.05, 3.63) is 82.0 Å². The van der Waals surface area contributed by atoms with Crippen molar-refractivity contribution >= 4 is 28.6 Å². The summed E-state index contributed by atoms with van der Waals surface area (Å²) in [7, 11) is 1.56. The van der Waals surface area contributed by atoms with Gasteiger partial charge in [-0.15, -0.1) is 0 Å². The number of benzene rings is 2. The maximum absolute atomic E-state index is 13.4. The number of likely N-dealkylation sites (tertiary alicyclic amines) is 1. The zero-order valence-corrected chi connectivity index (χ0v) is 24.9. The molecule has 0 amide bonds. The first-order valence-corrected chi connectivity index (χ1v) is 14.8. The second kappa shape index (κ2) is 12.5. The number of halogens is 2. The lowest BCUT2D eigenvalue weighted by Gasteiger charge is -2.28. The van der Waals surface area contributed by atoms with Crippen LogP contribution in [0.25, 0.3) is 11.0 Å². The van der Waals surface area contributed by atoms with Crippen molar-refractivity contribution in [2.45, 2.75) is 45.6 Å². The number of aromatic nitrogens is 3. The number of pyridine rings is 1. The first-order chi connectivity index (χ1) is 20.8. The van der Waals surface area contributed by atoms with E-state index < -0.39 is 5.97 Å². The van der Waals surface area contributed by atoms with Gasteiger partial charge in [0.15, 0.2) is 0 Å². The van der Waals surface area contributed by atoms with Gasteiger partial charge in [-0.1, -0.05) is 23.7 Å². The van der Waals surface area contributed by atoms with Crippen molar-refractivity contribution in [3.8, 4) is 11.6 Å². The van der Waals surface area contributed by atoms with Crippen molar-refractivity contribution in [1.82, 2.24) is 19.4 Å². The summed E-state index contributed by atoms with van der Waals surface area (Å²) < 4.78 is 32.0. The number of fused-ring (bicyclic) bond motifs is 2. The number of aromatic carboxylic acids is 1. The van der Waals surface area contributed by atoms with Gasteiger partial charge >= 0.3 is 5.97 Å². The van der Waals surface area contributed by atoms with Crippen molar-refractivity contribution in [2.75, 3.05) is 26.8 Å². The highest BCUT2D eigenvalue weighted by molar-refractivity contribution is 6.30. The van der Waals surface area contributed by atoms with Crippen molar-refractivity contribution < 1.29 is 28.5 Å². The Morgan fingerprint density at radius 2 is 1.98 bits per heavy atom. The van der Waals surface area contributed by atoms with E-state index in [0.29, 0.717) is 28.8 Å². The molecule has 1 N–H and O–H groups in total. The molecule has 1 saturated carbocycles. The summed E-state index contributed by atoms with van der Waals surface area (Å²) in [6.07, 6.45) is 4.28. The van der Waals surface area contributed by atoms with Crippen LogP contribution >= 0.6 is 11.6 Å². The molecular formula is C32H34ClFN4O5. The van der Waals surface area contributed by atoms with E-state index in [4.69, 9.17) is 30.8 Å². The third-order valence-corrected chi connectivity index (χ3v) is 8.47. The molecule has 3 fully saturated rings. The quantitative estimate of drug-likeness (QED) is 0.257. The van der Waals surface area contributed by atoms with E-state index in [2.05, 4.69) is 14.5 Å². The van der Waals surface area contributed by atoms with Crippen LogP contribution in [-0.4, -0.2) is 63.4 Å².